The van der Waals surface area contributed by atoms with Gasteiger partial charge in [-0.1, -0.05) is 11.6 Å². The van der Waals surface area contributed by atoms with Crippen molar-refractivity contribution in [3.63, 3.8) is 0 Å². The Kier molecular flexibility index (Phi) is 5.57. The van der Waals surface area contributed by atoms with Crippen LogP contribution >= 0.6 is 11.6 Å². The molecule has 2 saturated heterocycles. The summed E-state index contributed by atoms with van der Waals surface area (Å²) in [4.78, 5) is 11.6. The zero-order valence-electron chi connectivity index (χ0n) is 18.7. The Morgan fingerprint density at radius 1 is 1.25 bits per heavy atom. The number of nitrogens with zero attached hydrogens (tertiary/aromatic N) is 5. The van der Waals surface area contributed by atoms with Crippen molar-refractivity contribution in [2.24, 2.45) is 7.05 Å². The number of benzene rings is 1. The van der Waals surface area contributed by atoms with Gasteiger partial charge in [0.15, 0.2) is 0 Å². The molecule has 2 aromatic heterocycles. The third-order valence-corrected chi connectivity index (χ3v) is 7.57. The molecule has 0 bridgehead atoms. The molecular weight excluding hydrogens is 428 g/mol. The Bertz CT molecular complexity index is 1140. The molecule has 2 N–H and O–H groups in total. The van der Waals surface area contributed by atoms with Crippen molar-refractivity contribution in [1.29, 1.82) is 0 Å². The topological polar surface area (TPSA) is 88.3 Å². The number of piperidine rings is 1. The predicted octanol–water partition coefficient (Wildman–Crippen LogP) is 3.40. The number of halogens is 1. The Balaban J connectivity index is 1.36. The molecule has 2 atom stereocenters. The van der Waals surface area contributed by atoms with E-state index in [9.17, 15) is 5.11 Å². The van der Waals surface area contributed by atoms with Gasteiger partial charge in [0.2, 0.25) is 5.95 Å². The minimum absolute atomic E-state index is 0.273. The molecule has 1 aromatic carbocycles. The first-order valence-corrected chi connectivity index (χ1v) is 11.5. The van der Waals surface area contributed by atoms with Crippen LogP contribution in [0, 0.1) is 6.92 Å². The fraction of sp³-hybridized carbons (Fsp3) is 0.522. The summed E-state index contributed by atoms with van der Waals surface area (Å²) in [5.74, 6) is 0.970. The van der Waals surface area contributed by atoms with Gasteiger partial charge in [0, 0.05) is 18.6 Å². The highest BCUT2D eigenvalue weighted by Crippen LogP contribution is 2.36. The summed E-state index contributed by atoms with van der Waals surface area (Å²) >= 11 is 6.26. The van der Waals surface area contributed by atoms with Crippen molar-refractivity contribution in [1.82, 2.24) is 24.6 Å². The number of fused-ring (bicyclic) bond motifs is 1. The fourth-order valence-electron chi connectivity index (χ4n) is 4.99. The van der Waals surface area contributed by atoms with E-state index in [2.05, 4.69) is 46.3 Å². The van der Waals surface area contributed by atoms with Crippen LogP contribution in [0.4, 0.5) is 11.6 Å². The molecule has 0 saturated carbocycles. The first-order valence-electron chi connectivity index (χ1n) is 11.1. The number of hydrogen-bond acceptors (Lipinski definition) is 7. The third kappa shape index (κ3) is 3.75. The molecule has 32 heavy (non-hydrogen) atoms. The highest BCUT2D eigenvalue weighted by Gasteiger charge is 2.44. The van der Waals surface area contributed by atoms with Gasteiger partial charge in [-0.3, -0.25) is 9.58 Å². The Hall–Kier alpha value is -2.26. The molecule has 2 fully saturated rings. The number of hydrogen-bond donors (Lipinski definition) is 2. The monoisotopic (exact) mass is 456 g/mol. The lowest BCUT2D eigenvalue weighted by molar-refractivity contribution is -0.00214. The normalized spacial score (nSPS) is 25.0. The Labute approximate surface area is 192 Å². The van der Waals surface area contributed by atoms with Gasteiger partial charge >= 0.3 is 0 Å². The summed E-state index contributed by atoms with van der Waals surface area (Å²) in [6.07, 6.45) is 5.19. The molecule has 170 valence electrons. The van der Waals surface area contributed by atoms with Gasteiger partial charge in [-0.15, -0.1) is 0 Å². The maximum atomic E-state index is 10.4. The summed E-state index contributed by atoms with van der Waals surface area (Å²) in [5.41, 5.74) is 3.93. The maximum absolute atomic E-state index is 10.4. The van der Waals surface area contributed by atoms with E-state index in [-0.39, 0.29) is 5.54 Å². The number of aliphatic hydroxyl groups excluding tert-OH is 1. The SMILES string of the molecule is Cc1cc2cnc(Nc3cnn(C)c3Cl)nc2cc1C1CCN([C@@]2(C)COC[C@H]2O)CC1. The molecule has 2 aliphatic rings. The molecule has 2 aliphatic heterocycles. The number of rotatable bonds is 4. The van der Waals surface area contributed by atoms with Gasteiger partial charge in [0.1, 0.15) is 5.15 Å². The molecule has 8 nitrogen and oxygen atoms in total. The van der Waals surface area contributed by atoms with Crippen LogP contribution in [0.25, 0.3) is 10.9 Å². The molecule has 3 aromatic rings. The first kappa shape index (κ1) is 21.6. The van der Waals surface area contributed by atoms with Crippen molar-refractivity contribution in [2.75, 3.05) is 31.6 Å². The zero-order valence-corrected chi connectivity index (χ0v) is 19.4. The van der Waals surface area contributed by atoms with E-state index in [1.165, 1.54) is 11.1 Å². The second kappa shape index (κ2) is 8.26. The van der Waals surface area contributed by atoms with E-state index in [0.717, 1.165) is 36.8 Å². The van der Waals surface area contributed by atoms with E-state index in [4.69, 9.17) is 21.3 Å². The standard InChI is InChI=1S/C23H29ClN6O2/c1-14-8-16-10-25-22(28-19-11-26-29(3)21(19)24)27-18(16)9-17(14)15-4-6-30(7-5-15)23(2)13-32-12-20(23)31/h8-11,15,20,31H,4-7,12-13H2,1-3H3,(H,25,27,28)/t20-,23+/m1/s1. The Morgan fingerprint density at radius 3 is 2.69 bits per heavy atom. The van der Waals surface area contributed by atoms with E-state index < -0.39 is 6.10 Å². The third-order valence-electron chi connectivity index (χ3n) is 7.13. The van der Waals surface area contributed by atoms with Crippen LogP contribution in [0.3, 0.4) is 0 Å². The van der Waals surface area contributed by atoms with E-state index in [1.807, 2.05) is 6.20 Å². The summed E-state index contributed by atoms with van der Waals surface area (Å²) in [7, 11) is 1.79. The van der Waals surface area contributed by atoms with Crippen molar-refractivity contribution in [2.45, 2.75) is 44.2 Å². The second-order valence-corrected chi connectivity index (χ2v) is 9.57. The van der Waals surface area contributed by atoms with Crippen molar-refractivity contribution >= 4 is 34.1 Å². The highest BCUT2D eigenvalue weighted by atomic mass is 35.5. The number of anilines is 2. The van der Waals surface area contributed by atoms with Gasteiger partial charge in [-0.2, -0.15) is 5.10 Å². The quantitative estimate of drug-likeness (QED) is 0.622. The molecule has 0 amide bonds. The summed E-state index contributed by atoms with van der Waals surface area (Å²) in [6.45, 7) is 7.22. The van der Waals surface area contributed by atoms with Crippen LogP contribution in [0.1, 0.15) is 36.8 Å². The van der Waals surface area contributed by atoms with Gasteiger partial charge in [-0.05, 0) is 69.0 Å². The first-order chi connectivity index (χ1) is 15.3. The predicted molar refractivity (Wildman–Crippen MR) is 125 cm³/mol. The number of nitrogens with one attached hydrogen (secondary N) is 1. The fourth-order valence-corrected chi connectivity index (χ4v) is 5.13. The van der Waals surface area contributed by atoms with Crippen molar-refractivity contribution in [3.05, 3.63) is 40.8 Å². The van der Waals surface area contributed by atoms with Crippen LogP contribution in [0.15, 0.2) is 24.5 Å². The molecule has 0 spiro atoms. The van der Waals surface area contributed by atoms with E-state index in [0.29, 0.717) is 35.9 Å². The molecular formula is C23H29ClN6O2. The average Bonchev–Trinajstić information content (AvgIpc) is 3.30. The van der Waals surface area contributed by atoms with Crippen LogP contribution in [0.5, 0.6) is 0 Å². The molecule has 0 radical (unpaired) electrons. The zero-order chi connectivity index (χ0) is 22.5. The minimum Gasteiger partial charge on any atom is -0.389 e. The molecule has 5 rings (SSSR count). The summed E-state index contributed by atoms with van der Waals surface area (Å²) in [5, 5.41) is 19.2. The second-order valence-electron chi connectivity index (χ2n) is 9.21. The average molecular weight is 457 g/mol. The van der Waals surface area contributed by atoms with Gasteiger partial charge in [0.05, 0.1) is 42.3 Å². The summed E-state index contributed by atoms with van der Waals surface area (Å²) in [6, 6.07) is 4.38. The number of aliphatic hydroxyl groups is 1. The molecule has 0 aliphatic carbocycles. The van der Waals surface area contributed by atoms with Crippen molar-refractivity contribution < 1.29 is 9.84 Å². The number of ether oxygens (including phenoxy) is 1. The molecule has 4 heterocycles. The van der Waals surface area contributed by atoms with E-state index in [1.54, 1.807) is 17.9 Å². The van der Waals surface area contributed by atoms with Crippen LogP contribution < -0.4 is 5.32 Å². The van der Waals surface area contributed by atoms with Gasteiger partial charge in [0.25, 0.3) is 0 Å². The smallest absolute Gasteiger partial charge is 0.227 e. The van der Waals surface area contributed by atoms with Crippen LogP contribution in [0.2, 0.25) is 5.15 Å². The number of aromatic nitrogens is 4. The summed E-state index contributed by atoms with van der Waals surface area (Å²) < 4.78 is 7.13. The van der Waals surface area contributed by atoms with Crippen LogP contribution in [-0.2, 0) is 11.8 Å². The highest BCUT2D eigenvalue weighted by molar-refractivity contribution is 6.32. The lowest BCUT2D eigenvalue weighted by atomic mass is 9.84. The number of aryl methyl sites for hydroxylation is 2. The van der Waals surface area contributed by atoms with Gasteiger partial charge < -0.3 is 15.2 Å². The lowest BCUT2D eigenvalue weighted by Crippen LogP contribution is -2.56. The largest absolute Gasteiger partial charge is 0.389 e. The van der Waals surface area contributed by atoms with E-state index >= 15 is 0 Å². The van der Waals surface area contributed by atoms with Crippen molar-refractivity contribution in [3.8, 4) is 0 Å². The Morgan fingerprint density at radius 2 is 2.03 bits per heavy atom. The van der Waals surface area contributed by atoms with Gasteiger partial charge in [-0.25, -0.2) is 9.97 Å². The molecule has 0 unspecified atom stereocenters. The maximum Gasteiger partial charge on any atom is 0.227 e. The lowest BCUT2D eigenvalue weighted by Gasteiger charge is -2.43. The molecule has 9 heteroatoms. The van der Waals surface area contributed by atoms with Crippen LogP contribution in [-0.4, -0.2) is 67.7 Å². The minimum atomic E-state index is -0.419. The number of likely N-dealkylation sites (tertiary alicyclic amines) is 1.